The van der Waals surface area contributed by atoms with Crippen molar-refractivity contribution in [3.63, 3.8) is 0 Å². The van der Waals surface area contributed by atoms with E-state index in [9.17, 15) is 19.1 Å². The molecule has 39 heavy (non-hydrogen) atoms. The summed E-state index contributed by atoms with van der Waals surface area (Å²) >= 11 is 0. The van der Waals surface area contributed by atoms with Crippen molar-refractivity contribution in [3.8, 4) is 6.07 Å². The normalized spacial score (nSPS) is 14.3. The van der Waals surface area contributed by atoms with Crippen molar-refractivity contribution in [2.45, 2.75) is 65.0 Å². The lowest BCUT2D eigenvalue weighted by Gasteiger charge is -2.37. The molecule has 0 spiro atoms. The van der Waals surface area contributed by atoms with E-state index in [2.05, 4.69) is 49.1 Å². The van der Waals surface area contributed by atoms with Crippen LogP contribution in [-0.4, -0.2) is 98.3 Å². The van der Waals surface area contributed by atoms with Gasteiger partial charge < -0.3 is 43.9 Å². The summed E-state index contributed by atoms with van der Waals surface area (Å²) in [4.78, 5) is 39.0. The molecule has 0 rings (SSSR count). The topological polar surface area (TPSA) is 180 Å². The lowest BCUT2D eigenvalue weighted by molar-refractivity contribution is -0.125. The zero-order valence-electron chi connectivity index (χ0n) is 23.8. The van der Waals surface area contributed by atoms with Crippen LogP contribution in [0.4, 0.5) is 0 Å². The Balaban J connectivity index is 0. The van der Waals surface area contributed by atoms with Gasteiger partial charge in [-0.05, 0) is 40.2 Å². The van der Waals surface area contributed by atoms with E-state index in [1.165, 1.54) is 18.4 Å². The van der Waals surface area contributed by atoms with Gasteiger partial charge in [-0.3, -0.25) is 14.0 Å². The lowest BCUT2D eigenvalue weighted by atomic mass is 10.3. The molecule has 13 nitrogen and oxygen atoms in total. The first-order chi connectivity index (χ1) is 18.4. The van der Waals surface area contributed by atoms with Crippen LogP contribution in [0.3, 0.4) is 0 Å². The van der Waals surface area contributed by atoms with Crippen molar-refractivity contribution in [2.24, 2.45) is 0 Å². The summed E-state index contributed by atoms with van der Waals surface area (Å²) < 4.78 is 36.4. The third kappa shape index (κ3) is 21.8. The molecule has 0 aromatic carbocycles. The average molecular weight is 597 g/mol. The summed E-state index contributed by atoms with van der Waals surface area (Å²) in [5.74, 6) is 0.366. The van der Waals surface area contributed by atoms with E-state index in [0.717, 1.165) is 5.82 Å². The number of hydrogen-bond donors (Lipinski definition) is 4. The standard InChI is InChI=1S/C23H44N4O8P2.CH2O/c1-19(2)27(20(3)4)36(34-13-7-11-24)16-9-21(10-17-37(29,30)31)35-23(18-33-15-14-32-6)26-22(28)8-12-25-5;1-2/h8,10,12,17,19-21,23,25H,7,9,13-16,18H2,1-6H3,(H,26,28)(H2,29,30,31);1H2/b12-8-,17-10+;. The minimum atomic E-state index is -4.44. The monoisotopic (exact) mass is 596 g/mol. The molecular formula is C24H46N4O9P2. The van der Waals surface area contributed by atoms with Crippen LogP contribution in [-0.2, 0) is 32.9 Å². The van der Waals surface area contributed by atoms with E-state index >= 15 is 0 Å². The molecule has 226 valence electrons. The number of methoxy groups -OCH3 is 1. The molecule has 3 atom stereocenters. The number of nitriles is 1. The Kier molecular flexibility index (Phi) is 24.4. The third-order valence-corrected chi connectivity index (χ3v) is 7.74. The fraction of sp³-hybridized carbons (Fsp3) is 0.708. The summed E-state index contributed by atoms with van der Waals surface area (Å²) in [6.07, 6.45) is 3.51. The molecule has 15 heteroatoms. The molecule has 0 aromatic rings. The maximum atomic E-state index is 12.3. The van der Waals surface area contributed by atoms with Gasteiger partial charge in [0.15, 0.2) is 6.23 Å². The molecule has 0 saturated carbocycles. The minimum absolute atomic E-state index is 0.000286. The quantitative estimate of drug-likeness (QED) is 0.0659. The molecule has 1 amide bonds. The molecule has 0 radical (unpaired) electrons. The summed E-state index contributed by atoms with van der Waals surface area (Å²) in [6, 6.07) is 2.44. The predicted molar refractivity (Wildman–Crippen MR) is 151 cm³/mol. The van der Waals surface area contributed by atoms with E-state index in [0.29, 0.717) is 19.2 Å². The van der Waals surface area contributed by atoms with Crippen molar-refractivity contribution in [1.29, 1.82) is 5.26 Å². The maximum absolute atomic E-state index is 12.3. The van der Waals surface area contributed by atoms with E-state index in [4.69, 9.17) is 28.8 Å². The first-order valence-corrected chi connectivity index (χ1v) is 15.5. The van der Waals surface area contributed by atoms with Crippen molar-refractivity contribution >= 4 is 28.6 Å². The Bertz CT molecular complexity index is 780. The fourth-order valence-electron chi connectivity index (χ4n) is 3.23. The summed E-state index contributed by atoms with van der Waals surface area (Å²) in [5, 5.41) is 14.3. The SMILES string of the molecule is C=O.CN/C=C\C(=O)NC(COCCOC)OC(/C=C/P(=O)(O)O)CCP(OCCC#N)N(C(C)C)C(C)C. The molecule has 0 aliphatic heterocycles. The van der Waals surface area contributed by atoms with Gasteiger partial charge in [0.05, 0.1) is 45.0 Å². The maximum Gasteiger partial charge on any atom is 0.348 e. The number of hydrogen-bond acceptors (Lipinski definition) is 10. The number of carbonyl (C=O) groups excluding carboxylic acids is 2. The van der Waals surface area contributed by atoms with Gasteiger partial charge in [0.25, 0.3) is 0 Å². The smallest absolute Gasteiger partial charge is 0.348 e. The largest absolute Gasteiger partial charge is 0.394 e. The van der Waals surface area contributed by atoms with Crippen LogP contribution >= 0.6 is 15.9 Å². The molecule has 0 aromatic heterocycles. The van der Waals surface area contributed by atoms with Crippen molar-refractivity contribution in [1.82, 2.24) is 15.3 Å². The van der Waals surface area contributed by atoms with Gasteiger partial charge in [0, 0.05) is 50.5 Å². The minimum Gasteiger partial charge on any atom is -0.394 e. The molecule has 0 aliphatic carbocycles. The number of nitrogens with zero attached hydrogens (tertiary/aromatic N) is 2. The Morgan fingerprint density at radius 1 is 1.18 bits per heavy atom. The van der Waals surface area contributed by atoms with Crippen molar-refractivity contribution in [3.05, 3.63) is 24.2 Å². The van der Waals surface area contributed by atoms with Crippen molar-refractivity contribution in [2.75, 3.05) is 46.7 Å². The zero-order chi connectivity index (χ0) is 30.3. The van der Waals surface area contributed by atoms with Gasteiger partial charge in [-0.2, -0.15) is 5.26 Å². The van der Waals surface area contributed by atoms with Crippen LogP contribution in [0.1, 0.15) is 40.5 Å². The van der Waals surface area contributed by atoms with Crippen molar-refractivity contribution < 1.29 is 42.7 Å². The van der Waals surface area contributed by atoms with E-state index < -0.39 is 34.1 Å². The number of nitrogens with one attached hydrogen (secondary N) is 2. The first kappa shape index (κ1) is 39.4. The van der Waals surface area contributed by atoms with Crippen LogP contribution < -0.4 is 10.6 Å². The van der Waals surface area contributed by atoms with Gasteiger partial charge in [-0.25, -0.2) is 0 Å². The molecule has 0 heterocycles. The van der Waals surface area contributed by atoms with Crippen LogP contribution in [0, 0.1) is 11.3 Å². The molecular weight excluding hydrogens is 550 g/mol. The molecule has 4 N–H and O–H groups in total. The summed E-state index contributed by atoms with van der Waals surface area (Å²) in [6.45, 7) is 11.2. The lowest BCUT2D eigenvalue weighted by Crippen LogP contribution is -2.42. The molecule has 0 aliphatic rings. The second kappa shape index (κ2) is 24.1. The highest BCUT2D eigenvalue weighted by Gasteiger charge is 2.27. The van der Waals surface area contributed by atoms with Crippen LogP contribution in [0.2, 0.25) is 0 Å². The molecule has 3 unspecified atom stereocenters. The summed E-state index contributed by atoms with van der Waals surface area (Å²) in [7, 11) is -2.38. The fourth-order valence-corrected chi connectivity index (χ4v) is 5.95. The Hall–Kier alpha value is -1.71. The van der Waals surface area contributed by atoms with Crippen LogP contribution in [0.5, 0.6) is 0 Å². The predicted octanol–water partition coefficient (Wildman–Crippen LogP) is 2.47. The van der Waals surface area contributed by atoms with E-state index in [1.54, 1.807) is 14.2 Å². The van der Waals surface area contributed by atoms with Gasteiger partial charge in [-0.1, -0.05) is 0 Å². The third-order valence-electron chi connectivity index (χ3n) is 4.61. The van der Waals surface area contributed by atoms with E-state index in [1.807, 2.05) is 6.79 Å². The highest BCUT2D eigenvalue weighted by Crippen LogP contribution is 2.46. The molecule has 0 fully saturated rings. The molecule has 0 bridgehead atoms. The van der Waals surface area contributed by atoms with Gasteiger partial charge in [0.2, 0.25) is 5.91 Å². The number of rotatable bonds is 21. The second-order valence-corrected chi connectivity index (χ2v) is 11.8. The zero-order valence-corrected chi connectivity index (χ0v) is 25.6. The highest BCUT2D eigenvalue weighted by atomic mass is 31.2. The Labute approximate surface area is 233 Å². The summed E-state index contributed by atoms with van der Waals surface area (Å²) in [5.41, 5.74) is 0. The van der Waals surface area contributed by atoms with E-state index in [-0.39, 0.29) is 38.3 Å². The number of amides is 1. The Morgan fingerprint density at radius 3 is 2.33 bits per heavy atom. The number of ether oxygens (including phenoxy) is 3. The average Bonchev–Trinajstić information content (AvgIpc) is 2.86. The van der Waals surface area contributed by atoms with Gasteiger partial charge in [0.1, 0.15) is 15.1 Å². The first-order valence-electron chi connectivity index (χ1n) is 12.4. The van der Waals surface area contributed by atoms with Gasteiger partial charge in [-0.15, -0.1) is 0 Å². The Morgan fingerprint density at radius 2 is 1.82 bits per heavy atom. The van der Waals surface area contributed by atoms with Crippen LogP contribution in [0.25, 0.3) is 0 Å². The highest BCUT2D eigenvalue weighted by molar-refractivity contribution is 7.55. The molecule has 0 saturated heterocycles. The second-order valence-electron chi connectivity index (χ2n) is 8.47. The van der Waals surface area contributed by atoms with Gasteiger partial charge >= 0.3 is 7.60 Å². The van der Waals surface area contributed by atoms with Crippen LogP contribution in [0.15, 0.2) is 24.2 Å². The number of carbonyl (C=O) groups is 2.